The number of thiophene rings is 2. The van der Waals surface area contributed by atoms with E-state index in [4.69, 9.17) is 0 Å². The maximum Gasteiger partial charge on any atom is 0.0351 e. The van der Waals surface area contributed by atoms with Crippen LogP contribution in [-0.2, 0) is 6.54 Å². The Bertz CT molecular complexity index is 537. The van der Waals surface area contributed by atoms with E-state index in [1.165, 1.54) is 41.0 Å². The van der Waals surface area contributed by atoms with Gasteiger partial charge in [0, 0.05) is 21.9 Å². The standard InChI is InChI=1S/C16H19NS2/c1-2-5-13(4-1)7-8-17-11-15-10-14(12-19-15)16-6-3-9-18-16/h3-4,6,9-10,12,17H,1-2,5,7-8,11H2. The molecule has 0 aliphatic heterocycles. The molecule has 0 saturated heterocycles. The molecule has 0 spiro atoms. The van der Waals surface area contributed by atoms with Gasteiger partial charge < -0.3 is 5.32 Å². The van der Waals surface area contributed by atoms with Gasteiger partial charge in [-0.15, -0.1) is 22.7 Å². The molecule has 2 aromatic heterocycles. The van der Waals surface area contributed by atoms with Crippen molar-refractivity contribution in [3.63, 3.8) is 0 Å². The second-order valence-electron chi connectivity index (χ2n) is 4.96. The molecule has 0 amide bonds. The summed E-state index contributed by atoms with van der Waals surface area (Å²) in [5, 5.41) is 7.97. The summed E-state index contributed by atoms with van der Waals surface area (Å²) in [6.45, 7) is 2.11. The summed E-state index contributed by atoms with van der Waals surface area (Å²) < 4.78 is 0. The van der Waals surface area contributed by atoms with Crippen molar-refractivity contribution in [1.82, 2.24) is 5.32 Å². The van der Waals surface area contributed by atoms with Gasteiger partial charge in [0.1, 0.15) is 0 Å². The van der Waals surface area contributed by atoms with Crippen molar-refractivity contribution in [1.29, 1.82) is 0 Å². The van der Waals surface area contributed by atoms with Crippen LogP contribution < -0.4 is 5.32 Å². The van der Waals surface area contributed by atoms with Crippen molar-refractivity contribution in [3.8, 4) is 10.4 Å². The Morgan fingerprint density at radius 3 is 3.05 bits per heavy atom. The monoisotopic (exact) mass is 289 g/mol. The van der Waals surface area contributed by atoms with E-state index in [9.17, 15) is 0 Å². The molecule has 1 N–H and O–H groups in total. The molecule has 100 valence electrons. The zero-order chi connectivity index (χ0) is 12.9. The van der Waals surface area contributed by atoms with Gasteiger partial charge in [0.25, 0.3) is 0 Å². The highest BCUT2D eigenvalue weighted by molar-refractivity contribution is 7.14. The maximum absolute atomic E-state index is 3.56. The van der Waals surface area contributed by atoms with Gasteiger partial charge in [0.2, 0.25) is 0 Å². The van der Waals surface area contributed by atoms with Crippen LogP contribution >= 0.6 is 22.7 Å². The van der Waals surface area contributed by atoms with E-state index in [-0.39, 0.29) is 0 Å². The normalized spacial score (nSPS) is 14.8. The molecular formula is C16H19NS2. The highest BCUT2D eigenvalue weighted by atomic mass is 32.1. The average Bonchev–Trinajstić information content (AvgIpc) is 3.15. The fraction of sp³-hybridized carbons (Fsp3) is 0.375. The largest absolute Gasteiger partial charge is 0.312 e. The molecule has 0 bridgehead atoms. The molecule has 1 nitrogen and oxygen atoms in total. The number of allylic oxidation sites excluding steroid dienone is 1. The summed E-state index contributed by atoms with van der Waals surface area (Å²) in [6.07, 6.45) is 7.63. The second kappa shape index (κ2) is 6.51. The highest BCUT2D eigenvalue weighted by Gasteiger charge is 2.05. The van der Waals surface area contributed by atoms with Crippen molar-refractivity contribution < 1.29 is 0 Å². The van der Waals surface area contributed by atoms with Crippen LogP contribution in [0.5, 0.6) is 0 Å². The van der Waals surface area contributed by atoms with Crippen molar-refractivity contribution in [2.75, 3.05) is 6.54 Å². The Morgan fingerprint density at radius 1 is 1.26 bits per heavy atom. The van der Waals surface area contributed by atoms with Gasteiger partial charge in [-0.25, -0.2) is 0 Å². The minimum Gasteiger partial charge on any atom is -0.312 e. The summed E-state index contributed by atoms with van der Waals surface area (Å²) >= 11 is 3.67. The van der Waals surface area contributed by atoms with E-state index in [0.29, 0.717) is 0 Å². The Hall–Kier alpha value is -0.900. The fourth-order valence-electron chi connectivity index (χ4n) is 2.47. The van der Waals surface area contributed by atoms with E-state index in [1.807, 2.05) is 22.7 Å². The van der Waals surface area contributed by atoms with Gasteiger partial charge in [0.15, 0.2) is 0 Å². The molecule has 0 saturated carbocycles. The quantitative estimate of drug-likeness (QED) is 0.578. The molecule has 3 rings (SSSR count). The predicted octanol–water partition coefficient (Wildman–Crippen LogP) is 5.07. The highest BCUT2D eigenvalue weighted by Crippen LogP contribution is 2.29. The summed E-state index contributed by atoms with van der Waals surface area (Å²) in [6, 6.07) is 6.62. The van der Waals surface area contributed by atoms with Crippen LogP contribution in [0.25, 0.3) is 10.4 Å². The first kappa shape index (κ1) is 13.1. The Morgan fingerprint density at radius 2 is 2.26 bits per heavy atom. The smallest absolute Gasteiger partial charge is 0.0351 e. The molecule has 2 aromatic rings. The third-order valence-corrected chi connectivity index (χ3v) is 5.37. The zero-order valence-corrected chi connectivity index (χ0v) is 12.7. The van der Waals surface area contributed by atoms with Crippen LogP contribution in [0.4, 0.5) is 0 Å². The number of rotatable bonds is 6. The summed E-state index contributed by atoms with van der Waals surface area (Å²) in [7, 11) is 0. The second-order valence-corrected chi connectivity index (χ2v) is 6.90. The van der Waals surface area contributed by atoms with Gasteiger partial charge in [-0.05, 0) is 55.1 Å². The molecule has 19 heavy (non-hydrogen) atoms. The van der Waals surface area contributed by atoms with Crippen molar-refractivity contribution in [2.24, 2.45) is 0 Å². The number of hydrogen-bond donors (Lipinski definition) is 1. The van der Waals surface area contributed by atoms with Crippen LogP contribution in [0.2, 0.25) is 0 Å². The number of hydrogen-bond acceptors (Lipinski definition) is 3. The van der Waals surface area contributed by atoms with Crippen LogP contribution in [-0.4, -0.2) is 6.54 Å². The third-order valence-electron chi connectivity index (χ3n) is 3.52. The van der Waals surface area contributed by atoms with Crippen LogP contribution in [0.3, 0.4) is 0 Å². The molecule has 3 heteroatoms. The topological polar surface area (TPSA) is 12.0 Å². The van der Waals surface area contributed by atoms with Crippen molar-refractivity contribution in [2.45, 2.75) is 32.2 Å². The predicted molar refractivity (Wildman–Crippen MR) is 85.9 cm³/mol. The van der Waals surface area contributed by atoms with E-state index >= 15 is 0 Å². The minimum absolute atomic E-state index is 1.00. The number of nitrogens with one attached hydrogen (secondary N) is 1. The Labute approximate surface area is 123 Å². The molecule has 0 aromatic carbocycles. The van der Waals surface area contributed by atoms with Crippen molar-refractivity contribution >= 4 is 22.7 Å². The lowest BCUT2D eigenvalue weighted by atomic mass is 10.2. The molecule has 2 heterocycles. The lowest BCUT2D eigenvalue weighted by Gasteiger charge is -2.03. The summed E-state index contributed by atoms with van der Waals surface area (Å²) in [5.41, 5.74) is 3.02. The van der Waals surface area contributed by atoms with Gasteiger partial charge in [-0.2, -0.15) is 0 Å². The van der Waals surface area contributed by atoms with Crippen molar-refractivity contribution in [3.05, 3.63) is 45.5 Å². The van der Waals surface area contributed by atoms with Gasteiger partial charge in [0.05, 0.1) is 0 Å². The minimum atomic E-state index is 1.00. The van der Waals surface area contributed by atoms with Gasteiger partial charge in [-0.1, -0.05) is 17.7 Å². The third kappa shape index (κ3) is 3.56. The molecule has 0 atom stereocenters. The molecular weight excluding hydrogens is 270 g/mol. The maximum atomic E-state index is 3.56. The van der Waals surface area contributed by atoms with E-state index in [2.05, 4.69) is 40.4 Å². The first-order valence-corrected chi connectivity index (χ1v) is 8.68. The van der Waals surface area contributed by atoms with Gasteiger partial charge in [-0.3, -0.25) is 0 Å². The zero-order valence-electron chi connectivity index (χ0n) is 11.0. The molecule has 0 fully saturated rings. The van der Waals surface area contributed by atoms with E-state index < -0.39 is 0 Å². The lowest BCUT2D eigenvalue weighted by molar-refractivity contribution is 0.682. The molecule has 1 aliphatic carbocycles. The molecule has 0 radical (unpaired) electrons. The van der Waals surface area contributed by atoms with Gasteiger partial charge >= 0.3 is 0 Å². The van der Waals surface area contributed by atoms with Crippen LogP contribution in [0.1, 0.15) is 30.6 Å². The Balaban J connectivity index is 1.45. The first-order valence-electron chi connectivity index (χ1n) is 6.92. The van der Waals surface area contributed by atoms with Crippen LogP contribution in [0.15, 0.2) is 40.6 Å². The summed E-state index contributed by atoms with van der Waals surface area (Å²) in [5.74, 6) is 0. The van der Waals surface area contributed by atoms with E-state index in [1.54, 1.807) is 5.57 Å². The van der Waals surface area contributed by atoms with Crippen LogP contribution in [0, 0.1) is 0 Å². The summed E-state index contributed by atoms with van der Waals surface area (Å²) in [4.78, 5) is 2.81. The lowest BCUT2D eigenvalue weighted by Crippen LogP contribution is -2.14. The first-order chi connectivity index (χ1) is 9.42. The Kier molecular flexibility index (Phi) is 4.49. The molecule has 1 aliphatic rings. The van der Waals surface area contributed by atoms with E-state index in [0.717, 1.165) is 13.1 Å². The average molecular weight is 289 g/mol. The fourth-order valence-corrected chi connectivity index (χ4v) is 4.11. The molecule has 0 unspecified atom stereocenters. The SMILES string of the molecule is C1=C(CCNCc2cc(-c3cccs3)cs2)CCC1.